The molecule has 0 amide bonds. The molecule has 9 nitrogen and oxygen atoms in total. The lowest BCUT2D eigenvalue weighted by Crippen LogP contribution is -2.66. The highest BCUT2D eigenvalue weighted by Crippen LogP contribution is 2.73. The fourth-order valence-electron chi connectivity index (χ4n) is 11.4. The van der Waals surface area contributed by atoms with Crippen molar-refractivity contribution >= 4 is 23.3 Å². The van der Waals surface area contributed by atoms with Gasteiger partial charge in [-0.25, -0.2) is 4.98 Å². The van der Waals surface area contributed by atoms with Crippen LogP contribution in [0.5, 0.6) is 0 Å². The second-order valence-electron chi connectivity index (χ2n) is 17.3. The summed E-state index contributed by atoms with van der Waals surface area (Å²) in [4.78, 5) is 18.1. The number of carbonyl (C=O) groups is 1. The summed E-state index contributed by atoms with van der Waals surface area (Å²) in [5.41, 5.74) is 6.59. The monoisotopic (exact) mass is 686 g/mol. The summed E-state index contributed by atoms with van der Waals surface area (Å²) in [6.45, 7) is 22.6. The Morgan fingerprint density at radius 1 is 1.12 bits per heavy atom. The van der Waals surface area contributed by atoms with E-state index in [0.29, 0.717) is 50.0 Å². The topological polar surface area (TPSA) is 140 Å². The third-order valence-corrected chi connectivity index (χ3v) is 15.5. The molecule has 0 radical (unpaired) electrons. The first-order valence-electron chi connectivity index (χ1n) is 18.1. The van der Waals surface area contributed by atoms with Gasteiger partial charge in [0.1, 0.15) is 5.01 Å². The Labute approximate surface area is 292 Å². The molecular weight excluding hydrogens is 625 g/mol. The number of nitrogens with zero attached hydrogens (tertiary/aromatic N) is 1. The van der Waals surface area contributed by atoms with Crippen molar-refractivity contribution in [2.45, 2.75) is 120 Å². The highest BCUT2D eigenvalue weighted by Gasteiger charge is 2.69. The summed E-state index contributed by atoms with van der Waals surface area (Å²) >= 11 is 1.53. The number of rotatable bonds is 11. The minimum absolute atomic E-state index is 0.0731. The number of ether oxygens (including phenoxy) is 3. The molecule has 10 heteroatoms. The summed E-state index contributed by atoms with van der Waals surface area (Å²) in [6.07, 6.45) is 6.94. The summed E-state index contributed by atoms with van der Waals surface area (Å²) < 4.78 is 19.4. The quantitative estimate of drug-likeness (QED) is 0.108. The smallest absolute Gasteiger partial charge is 0.307 e. The molecule has 3 fully saturated rings. The molecule has 4 aliphatic rings. The van der Waals surface area contributed by atoms with Crippen LogP contribution in [0.2, 0.25) is 0 Å². The number of carboxylic acids is 1. The second kappa shape index (κ2) is 13.3. The molecular formula is C38H62N4O5S. The Balaban J connectivity index is 1.46. The van der Waals surface area contributed by atoms with E-state index in [1.807, 2.05) is 5.38 Å². The normalized spacial score (nSPS) is 39.7. The summed E-state index contributed by atoms with van der Waals surface area (Å²) in [7, 11) is 1.75. The third-order valence-electron chi connectivity index (χ3n) is 14.6. The Morgan fingerprint density at radius 3 is 2.46 bits per heavy atom. The Hall–Kier alpha value is -2.01. The van der Waals surface area contributed by atoms with Crippen molar-refractivity contribution in [3.8, 4) is 0 Å². The lowest BCUT2D eigenvalue weighted by molar-refractivity contribution is -0.226. The van der Waals surface area contributed by atoms with E-state index < -0.39 is 11.9 Å². The number of nitrogens with two attached hydrogens (primary N) is 1. The molecule has 48 heavy (non-hydrogen) atoms. The standard InChI is InChI=1S/C38H62N4O5S/c1-22(2)23(3)34(5)15-16-37(8)27-11-12-28-35(6,26(27)13-14-38(37,9)30(34)32(43)44)20-46-21-36(28,7)31(24(4)45-10)47-18-25-19-48-29(42-25)17-41-33(39)40/h13,19,22-24,27-28,30-31H,11-12,14-18,20-21H2,1-10H3,(H,43,44)(H4,39,40,41)/t23-,24?,27+,28?,30-,31+,34-,35+,36?,37-,38+/m1/s1. The van der Waals surface area contributed by atoms with Crippen LogP contribution in [0.4, 0.5) is 0 Å². The summed E-state index contributed by atoms with van der Waals surface area (Å²) in [5, 5.41) is 24.1. The number of hydrogen-bond acceptors (Lipinski definition) is 7. The minimum atomic E-state index is -0.625. The fraction of sp³-hybridized carbons (Fsp3) is 0.816. The van der Waals surface area contributed by atoms with Gasteiger partial charge in [0.15, 0.2) is 5.96 Å². The van der Waals surface area contributed by atoms with Gasteiger partial charge in [-0.2, -0.15) is 0 Å². The molecule has 1 aromatic heterocycles. The van der Waals surface area contributed by atoms with Crippen LogP contribution >= 0.6 is 11.3 Å². The van der Waals surface area contributed by atoms with Gasteiger partial charge in [0.05, 0.1) is 50.2 Å². The van der Waals surface area contributed by atoms with Crippen LogP contribution in [0.1, 0.15) is 105 Å². The average Bonchev–Trinajstić information content (AvgIpc) is 3.47. The number of carboxylic acid groups (broad SMARTS) is 1. The maximum atomic E-state index is 13.3. The van der Waals surface area contributed by atoms with Crippen LogP contribution in [0.25, 0.3) is 0 Å². The van der Waals surface area contributed by atoms with Gasteiger partial charge in [-0.3, -0.25) is 10.2 Å². The molecule has 0 aromatic carbocycles. The number of hydrogen-bond donors (Lipinski definition) is 4. The molecule has 270 valence electrons. The Kier molecular flexibility index (Phi) is 10.3. The largest absolute Gasteiger partial charge is 0.481 e. The van der Waals surface area contributed by atoms with Gasteiger partial charge in [-0.05, 0) is 78.9 Å². The first-order chi connectivity index (χ1) is 22.4. The van der Waals surface area contributed by atoms with E-state index >= 15 is 0 Å². The van der Waals surface area contributed by atoms with Crippen LogP contribution in [0.3, 0.4) is 0 Å². The molecule has 2 saturated carbocycles. The SMILES string of the molecule is COC(C)[C@H](OCc1csc(CNC(=N)N)n1)C1(C)COC[C@@]2(C)C3=CC[C@@]4(C)[C@H](C(=O)O)[C@@](C)([C@H](C)C(C)C)CC[C@]4(C)[C@H]3CCC12. The number of thiazole rings is 1. The second-order valence-corrected chi connectivity index (χ2v) is 18.2. The van der Waals surface area contributed by atoms with E-state index in [-0.39, 0.29) is 45.2 Å². The molecule has 5 N–H and O–H groups in total. The summed E-state index contributed by atoms with van der Waals surface area (Å²) in [6, 6.07) is 0. The predicted molar refractivity (Wildman–Crippen MR) is 191 cm³/mol. The number of nitrogens with one attached hydrogen (secondary N) is 2. The lowest BCUT2D eigenvalue weighted by atomic mass is 9.35. The van der Waals surface area contributed by atoms with E-state index in [9.17, 15) is 9.90 Å². The number of allylic oxidation sites excluding steroid dienone is 1. The van der Waals surface area contributed by atoms with E-state index in [2.05, 4.69) is 73.7 Å². The molecule has 5 rings (SSSR count). The third kappa shape index (κ3) is 5.84. The highest BCUT2D eigenvalue weighted by atomic mass is 32.1. The first-order valence-corrected chi connectivity index (χ1v) is 18.9. The zero-order chi connectivity index (χ0) is 35.4. The molecule has 1 aromatic rings. The van der Waals surface area contributed by atoms with Gasteiger partial charge in [-0.1, -0.05) is 67.0 Å². The van der Waals surface area contributed by atoms with Crippen molar-refractivity contribution in [2.24, 2.45) is 62.4 Å². The maximum Gasteiger partial charge on any atom is 0.307 e. The van der Waals surface area contributed by atoms with Crippen molar-refractivity contribution in [3.05, 3.63) is 27.7 Å². The van der Waals surface area contributed by atoms with Gasteiger partial charge in [0.25, 0.3) is 0 Å². The molecule has 0 spiro atoms. The summed E-state index contributed by atoms with van der Waals surface area (Å²) in [5.74, 6) is 0.279. The van der Waals surface area contributed by atoms with Crippen molar-refractivity contribution in [2.75, 3.05) is 20.3 Å². The van der Waals surface area contributed by atoms with Crippen molar-refractivity contribution < 1.29 is 24.1 Å². The van der Waals surface area contributed by atoms with E-state index in [0.717, 1.165) is 42.8 Å². The van der Waals surface area contributed by atoms with Crippen molar-refractivity contribution in [1.82, 2.24) is 10.3 Å². The predicted octanol–water partition coefficient (Wildman–Crippen LogP) is 7.25. The Morgan fingerprint density at radius 2 is 1.83 bits per heavy atom. The molecule has 1 saturated heterocycles. The Bertz CT molecular complexity index is 1400. The number of methoxy groups -OCH3 is 1. The molecule has 2 heterocycles. The van der Waals surface area contributed by atoms with E-state index in [4.69, 9.17) is 30.3 Å². The van der Waals surface area contributed by atoms with Gasteiger partial charge in [0, 0.05) is 23.3 Å². The van der Waals surface area contributed by atoms with E-state index in [1.165, 1.54) is 16.9 Å². The molecule has 1 aliphatic heterocycles. The van der Waals surface area contributed by atoms with Gasteiger partial charge in [0.2, 0.25) is 0 Å². The average molecular weight is 687 g/mol. The number of guanidine groups is 1. The minimum Gasteiger partial charge on any atom is -0.481 e. The van der Waals surface area contributed by atoms with Crippen molar-refractivity contribution in [1.29, 1.82) is 5.41 Å². The highest BCUT2D eigenvalue weighted by molar-refractivity contribution is 7.09. The van der Waals surface area contributed by atoms with Crippen LogP contribution in [0, 0.1) is 62.1 Å². The van der Waals surface area contributed by atoms with Crippen LogP contribution in [0.15, 0.2) is 17.0 Å². The van der Waals surface area contributed by atoms with Crippen LogP contribution < -0.4 is 11.1 Å². The zero-order valence-electron chi connectivity index (χ0n) is 31.1. The van der Waals surface area contributed by atoms with Gasteiger partial charge in [-0.15, -0.1) is 11.3 Å². The number of aromatic nitrogens is 1. The van der Waals surface area contributed by atoms with E-state index in [1.54, 1.807) is 7.11 Å². The lowest BCUT2D eigenvalue weighted by Gasteiger charge is -2.69. The fourth-order valence-corrected chi connectivity index (χ4v) is 12.2. The van der Waals surface area contributed by atoms with Crippen LogP contribution in [-0.2, 0) is 32.2 Å². The number of fused-ring (bicyclic) bond motifs is 5. The maximum absolute atomic E-state index is 13.3. The molecule has 3 unspecified atom stereocenters. The van der Waals surface area contributed by atoms with Crippen LogP contribution in [-0.4, -0.2) is 54.6 Å². The van der Waals surface area contributed by atoms with Crippen molar-refractivity contribution in [3.63, 3.8) is 0 Å². The zero-order valence-corrected chi connectivity index (χ0v) is 31.9. The first kappa shape index (κ1) is 37.3. The molecule has 11 atom stereocenters. The number of aliphatic carboxylic acids is 1. The van der Waals surface area contributed by atoms with Gasteiger partial charge < -0.3 is 30.4 Å². The molecule has 0 bridgehead atoms. The van der Waals surface area contributed by atoms with Gasteiger partial charge >= 0.3 is 5.97 Å². The molecule has 3 aliphatic carbocycles.